The van der Waals surface area contributed by atoms with Crippen LogP contribution >= 0.6 is 0 Å². The van der Waals surface area contributed by atoms with Crippen LogP contribution < -0.4 is 14.8 Å². The maximum Gasteiger partial charge on any atom is 0.161 e. The van der Waals surface area contributed by atoms with Gasteiger partial charge in [0.1, 0.15) is 6.61 Å². The van der Waals surface area contributed by atoms with E-state index in [0.717, 1.165) is 43.9 Å². The van der Waals surface area contributed by atoms with Crippen molar-refractivity contribution in [3.8, 4) is 11.5 Å². The summed E-state index contributed by atoms with van der Waals surface area (Å²) in [5, 5.41) is 3.45. The molecule has 0 aliphatic heterocycles. The van der Waals surface area contributed by atoms with Crippen LogP contribution in [0.2, 0.25) is 0 Å². The predicted octanol–water partition coefficient (Wildman–Crippen LogP) is 3.63. The highest BCUT2D eigenvalue weighted by Gasteiger charge is 2.09. The summed E-state index contributed by atoms with van der Waals surface area (Å²) < 4.78 is 11.6. The highest BCUT2D eigenvalue weighted by Crippen LogP contribution is 2.26. The smallest absolute Gasteiger partial charge is 0.161 e. The van der Waals surface area contributed by atoms with Gasteiger partial charge >= 0.3 is 0 Å². The Balaban J connectivity index is 2.54. The van der Waals surface area contributed by atoms with Crippen molar-refractivity contribution in [2.24, 2.45) is 0 Å². The number of benzene rings is 1. The lowest BCUT2D eigenvalue weighted by molar-refractivity contribution is 0.236. The summed E-state index contributed by atoms with van der Waals surface area (Å²) in [6.07, 6.45) is 3.30. The molecule has 1 N–H and O–H groups in total. The molecular formula is C16H27NO2. The third-order valence-corrected chi connectivity index (χ3v) is 2.88. The van der Waals surface area contributed by atoms with Crippen LogP contribution in [0.25, 0.3) is 0 Å². The summed E-state index contributed by atoms with van der Waals surface area (Å²) in [7, 11) is 0. The van der Waals surface area contributed by atoms with Gasteiger partial charge in [0, 0.05) is 6.04 Å². The van der Waals surface area contributed by atoms with E-state index in [4.69, 9.17) is 9.47 Å². The van der Waals surface area contributed by atoms with Crippen LogP contribution in [0.1, 0.15) is 40.0 Å². The highest BCUT2D eigenvalue weighted by atomic mass is 16.5. The van der Waals surface area contributed by atoms with Gasteiger partial charge in [-0.25, -0.2) is 0 Å². The molecule has 1 aromatic rings. The van der Waals surface area contributed by atoms with Gasteiger partial charge in [-0.05, 0) is 31.5 Å². The molecule has 0 heterocycles. The van der Waals surface area contributed by atoms with Gasteiger partial charge < -0.3 is 14.8 Å². The quantitative estimate of drug-likeness (QED) is 0.700. The lowest BCUT2D eigenvalue weighted by Gasteiger charge is -2.19. The molecule has 0 aromatic heterocycles. The van der Waals surface area contributed by atoms with E-state index < -0.39 is 0 Å². The fraction of sp³-hybridized carbons (Fsp3) is 0.625. The zero-order valence-corrected chi connectivity index (χ0v) is 12.4. The molecule has 1 unspecified atom stereocenters. The van der Waals surface area contributed by atoms with Crippen LogP contribution in [-0.4, -0.2) is 25.8 Å². The van der Waals surface area contributed by atoms with Crippen LogP contribution in [0.15, 0.2) is 24.3 Å². The Bertz CT molecular complexity index is 335. The molecule has 3 heteroatoms. The Labute approximate surface area is 117 Å². The maximum atomic E-state index is 5.91. The Morgan fingerprint density at radius 3 is 2.26 bits per heavy atom. The molecule has 1 atom stereocenters. The lowest BCUT2D eigenvalue weighted by Crippen LogP contribution is -2.34. The second-order valence-electron chi connectivity index (χ2n) is 4.65. The zero-order valence-electron chi connectivity index (χ0n) is 12.4. The summed E-state index contributed by atoms with van der Waals surface area (Å²) in [6, 6.07) is 8.31. The average Bonchev–Trinajstić information content (AvgIpc) is 2.44. The van der Waals surface area contributed by atoms with Gasteiger partial charge in [-0.1, -0.05) is 39.3 Å². The van der Waals surface area contributed by atoms with Crippen molar-refractivity contribution in [3.05, 3.63) is 24.3 Å². The van der Waals surface area contributed by atoms with Gasteiger partial charge in [0.2, 0.25) is 0 Å². The number of hydrogen-bond acceptors (Lipinski definition) is 3. The van der Waals surface area contributed by atoms with Crippen molar-refractivity contribution in [3.63, 3.8) is 0 Å². The lowest BCUT2D eigenvalue weighted by atomic mass is 10.2. The number of rotatable bonds is 10. The molecule has 0 bridgehead atoms. The van der Waals surface area contributed by atoms with E-state index in [1.54, 1.807) is 0 Å². The second-order valence-corrected chi connectivity index (χ2v) is 4.65. The first-order chi connectivity index (χ1) is 9.31. The van der Waals surface area contributed by atoms with E-state index in [0.29, 0.717) is 12.6 Å². The zero-order chi connectivity index (χ0) is 13.9. The van der Waals surface area contributed by atoms with E-state index in [1.807, 2.05) is 24.3 Å². The van der Waals surface area contributed by atoms with E-state index >= 15 is 0 Å². The minimum absolute atomic E-state index is 0.411. The summed E-state index contributed by atoms with van der Waals surface area (Å²) >= 11 is 0. The summed E-state index contributed by atoms with van der Waals surface area (Å²) in [5.41, 5.74) is 0. The van der Waals surface area contributed by atoms with Crippen LogP contribution in [0.5, 0.6) is 11.5 Å². The van der Waals surface area contributed by atoms with E-state index in [-0.39, 0.29) is 0 Å². The third-order valence-electron chi connectivity index (χ3n) is 2.88. The molecule has 0 amide bonds. The minimum Gasteiger partial charge on any atom is -0.490 e. The van der Waals surface area contributed by atoms with Gasteiger partial charge in [-0.2, -0.15) is 0 Å². The molecule has 0 radical (unpaired) electrons. The average molecular weight is 265 g/mol. The number of likely N-dealkylation sites (N-methyl/N-ethyl adjacent to an activating group) is 1. The minimum atomic E-state index is 0.411. The second kappa shape index (κ2) is 9.68. The first-order valence-corrected chi connectivity index (χ1v) is 7.39. The molecule has 0 fully saturated rings. The molecular weight excluding hydrogens is 238 g/mol. The Hall–Kier alpha value is -1.22. The van der Waals surface area contributed by atoms with E-state index in [9.17, 15) is 0 Å². The summed E-state index contributed by atoms with van der Waals surface area (Å²) in [6.45, 7) is 8.82. The fourth-order valence-corrected chi connectivity index (χ4v) is 1.97. The van der Waals surface area contributed by atoms with Gasteiger partial charge in [0.15, 0.2) is 11.5 Å². The van der Waals surface area contributed by atoms with Gasteiger partial charge in [-0.15, -0.1) is 0 Å². The van der Waals surface area contributed by atoms with Crippen molar-refractivity contribution in [1.29, 1.82) is 0 Å². The third kappa shape index (κ3) is 5.97. The molecule has 0 aliphatic rings. The monoisotopic (exact) mass is 265 g/mol. The Morgan fingerprint density at radius 2 is 1.68 bits per heavy atom. The number of ether oxygens (including phenoxy) is 2. The largest absolute Gasteiger partial charge is 0.490 e. The molecule has 1 rings (SSSR count). The Morgan fingerprint density at radius 1 is 1.00 bits per heavy atom. The molecule has 0 saturated heterocycles. The van der Waals surface area contributed by atoms with Crippen LogP contribution in [0, 0.1) is 0 Å². The van der Waals surface area contributed by atoms with Crippen LogP contribution in [0.3, 0.4) is 0 Å². The number of hydrogen-bond donors (Lipinski definition) is 1. The molecule has 0 spiro atoms. The van der Waals surface area contributed by atoms with Crippen LogP contribution in [0.4, 0.5) is 0 Å². The molecule has 108 valence electrons. The molecule has 3 nitrogen and oxygen atoms in total. The van der Waals surface area contributed by atoms with E-state index in [1.165, 1.54) is 0 Å². The van der Waals surface area contributed by atoms with E-state index in [2.05, 4.69) is 26.1 Å². The maximum absolute atomic E-state index is 5.91. The van der Waals surface area contributed by atoms with Gasteiger partial charge in [-0.3, -0.25) is 0 Å². The molecule has 1 aromatic carbocycles. The van der Waals surface area contributed by atoms with Crippen molar-refractivity contribution >= 4 is 0 Å². The highest BCUT2D eigenvalue weighted by molar-refractivity contribution is 5.39. The normalized spacial score (nSPS) is 12.2. The number of nitrogens with one attached hydrogen (secondary N) is 1. The van der Waals surface area contributed by atoms with Crippen molar-refractivity contribution in [2.45, 2.75) is 46.1 Å². The summed E-state index contributed by atoms with van der Waals surface area (Å²) in [4.78, 5) is 0. The predicted molar refractivity (Wildman–Crippen MR) is 80.1 cm³/mol. The molecule has 19 heavy (non-hydrogen) atoms. The van der Waals surface area contributed by atoms with Gasteiger partial charge in [0.25, 0.3) is 0 Å². The topological polar surface area (TPSA) is 30.5 Å². The summed E-state index contributed by atoms with van der Waals surface area (Å²) in [5.74, 6) is 1.69. The van der Waals surface area contributed by atoms with Crippen LogP contribution in [-0.2, 0) is 0 Å². The van der Waals surface area contributed by atoms with Crippen molar-refractivity contribution in [1.82, 2.24) is 5.32 Å². The van der Waals surface area contributed by atoms with Crippen molar-refractivity contribution < 1.29 is 9.47 Å². The van der Waals surface area contributed by atoms with Crippen molar-refractivity contribution in [2.75, 3.05) is 19.8 Å². The number of para-hydroxylation sites is 2. The SMILES string of the molecule is CCCOc1ccccc1OCC(CCC)NCC. The molecule has 0 saturated carbocycles. The standard InChI is InChI=1S/C16H27NO2/c1-4-9-14(17-6-3)13-19-16-11-8-7-10-15(16)18-12-5-2/h7-8,10-11,14,17H,4-6,9,12-13H2,1-3H3. The Kier molecular flexibility index (Phi) is 8.07. The fourth-order valence-electron chi connectivity index (χ4n) is 1.97. The van der Waals surface area contributed by atoms with Gasteiger partial charge in [0.05, 0.1) is 6.61 Å². The molecule has 0 aliphatic carbocycles. The first-order valence-electron chi connectivity index (χ1n) is 7.39. The first kappa shape index (κ1) is 15.8.